The number of allylic oxidation sites excluding steroid dienone is 1. The largest absolute Gasteiger partial charge is 0.103 e. The van der Waals surface area contributed by atoms with E-state index >= 15 is 0 Å². The summed E-state index contributed by atoms with van der Waals surface area (Å²) in [6.45, 7) is 23.9. The van der Waals surface area contributed by atoms with Gasteiger partial charge < -0.3 is 0 Å². The number of hydrogen-bond donors (Lipinski definition) is 0. The van der Waals surface area contributed by atoms with E-state index in [1.807, 2.05) is 84.9 Å². The van der Waals surface area contributed by atoms with Crippen molar-refractivity contribution in [1.29, 1.82) is 0 Å². The van der Waals surface area contributed by atoms with E-state index in [1.165, 1.54) is 29.5 Å². The van der Waals surface area contributed by atoms with E-state index < -0.39 is 0 Å². The molecule has 0 nitrogen and oxygen atoms in total. The summed E-state index contributed by atoms with van der Waals surface area (Å²) in [4.78, 5) is 0. The predicted octanol–water partition coefficient (Wildman–Crippen LogP) is 9.47. The molecular weight excluding hydrogens is 324 g/mol. The molecule has 0 saturated carbocycles. The Bertz CT molecular complexity index is 442. The number of benzene rings is 2. The first-order chi connectivity index (χ1) is 13.2. The van der Waals surface area contributed by atoms with Gasteiger partial charge >= 0.3 is 0 Å². The fourth-order valence-corrected chi connectivity index (χ4v) is 1.98. The molecule has 0 heteroatoms. The summed E-state index contributed by atoms with van der Waals surface area (Å²) in [7, 11) is 0. The summed E-state index contributed by atoms with van der Waals surface area (Å²) in [5, 5.41) is 0. The molecule has 0 radical (unpaired) electrons. The Labute approximate surface area is 172 Å². The second-order valence-corrected chi connectivity index (χ2v) is 4.94. The molecule has 0 aliphatic rings. The minimum absolute atomic E-state index is 1.16. The predicted molar refractivity (Wildman–Crippen MR) is 131 cm³/mol. The quantitative estimate of drug-likeness (QED) is 0.470. The van der Waals surface area contributed by atoms with E-state index in [1.54, 1.807) is 6.08 Å². The molecule has 2 aromatic rings. The van der Waals surface area contributed by atoms with Gasteiger partial charge in [-0.1, -0.05) is 128 Å². The van der Waals surface area contributed by atoms with Crippen molar-refractivity contribution in [2.45, 2.75) is 88.5 Å². The lowest BCUT2D eigenvalue weighted by Crippen LogP contribution is -1.92. The van der Waals surface area contributed by atoms with Crippen LogP contribution in [0.3, 0.4) is 0 Å². The minimum Gasteiger partial charge on any atom is -0.103 e. The maximum atomic E-state index is 3.36. The zero-order valence-corrected chi connectivity index (χ0v) is 20.1. The summed E-state index contributed by atoms with van der Waals surface area (Å²) in [5.74, 6) is 0. The molecule has 0 bridgehead atoms. The lowest BCUT2D eigenvalue weighted by Gasteiger charge is -2.07. The Balaban J connectivity index is -0.000000148. The molecule has 0 saturated heterocycles. The number of aryl methyl sites for hydroxylation is 3. The fourth-order valence-electron chi connectivity index (χ4n) is 1.98. The minimum atomic E-state index is 1.16. The second kappa shape index (κ2) is 31.9. The van der Waals surface area contributed by atoms with Crippen LogP contribution in [0.5, 0.6) is 0 Å². The maximum absolute atomic E-state index is 3.36. The van der Waals surface area contributed by atoms with E-state index in [2.05, 4.69) is 45.5 Å². The van der Waals surface area contributed by atoms with Crippen molar-refractivity contribution < 1.29 is 0 Å². The van der Waals surface area contributed by atoms with Crippen LogP contribution in [0, 0.1) is 6.92 Å². The Morgan fingerprint density at radius 2 is 1.11 bits per heavy atom. The Morgan fingerprint density at radius 3 is 1.41 bits per heavy atom. The van der Waals surface area contributed by atoms with Crippen LogP contribution in [-0.4, -0.2) is 0 Å². The van der Waals surface area contributed by atoms with Gasteiger partial charge in [-0.05, 0) is 37.8 Å². The van der Waals surface area contributed by atoms with Gasteiger partial charge in [0.05, 0.1) is 0 Å². The van der Waals surface area contributed by atoms with E-state index in [0.29, 0.717) is 0 Å². The molecule has 156 valence electrons. The molecule has 0 heterocycles. The molecule has 0 aromatic heterocycles. The highest BCUT2D eigenvalue weighted by atomic mass is 14.0. The maximum Gasteiger partial charge on any atom is -0.0279 e. The third-order valence-corrected chi connectivity index (χ3v) is 2.93. The zero-order chi connectivity index (χ0) is 21.9. The van der Waals surface area contributed by atoms with Gasteiger partial charge in [-0.25, -0.2) is 0 Å². The van der Waals surface area contributed by atoms with E-state index in [9.17, 15) is 0 Å². The zero-order valence-electron chi connectivity index (χ0n) is 20.1. The molecule has 2 aromatic carbocycles. The van der Waals surface area contributed by atoms with Crippen LogP contribution >= 0.6 is 0 Å². The highest BCUT2D eigenvalue weighted by Gasteiger charge is 1.98. The molecule has 0 fully saturated rings. The first-order valence-electron chi connectivity index (χ1n) is 10.8. The smallest absolute Gasteiger partial charge is 0.0279 e. The Morgan fingerprint density at radius 1 is 0.741 bits per heavy atom. The van der Waals surface area contributed by atoms with Gasteiger partial charge in [0, 0.05) is 0 Å². The van der Waals surface area contributed by atoms with Crippen molar-refractivity contribution in [1.82, 2.24) is 0 Å². The first kappa shape index (κ1) is 32.8. The monoisotopic (exact) mass is 372 g/mol. The average Bonchev–Trinajstić information content (AvgIpc) is 2.76. The molecule has 0 spiro atoms. The molecule has 0 unspecified atom stereocenters. The van der Waals surface area contributed by atoms with Crippen molar-refractivity contribution in [3.05, 3.63) is 83.9 Å². The molecule has 27 heavy (non-hydrogen) atoms. The van der Waals surface area contributed by atoms with Crippen LogP contribution in [0.25, 0.3) is 0 Å². The van der Waals surface area contributed by atoms with Gasteiger partial charge in [0.1, 0.15) is 0 Å². The molecular formula is C27H48. The third kappa shape index (κ3) is 24.2. The third-order valence-electron chi connectivity index (χ3n) is 2.93. The highest BCUT2D eigenvalue weighted by molar-refractivity contribution is 5.31. The van der Waals surface area contributed by atoms with Crippen molar-refractivity contribution in [3.63, 3.8) is 0 Å². The van der Waals surface area contributed by atoms with Gasteiger partial charge in [0.25, 0.3) is 0 Å². The van der Waals surface area contributed by atoms with Crippen LogP contribution in [0.2, 0.25) is 0 Å². The topological polar surface area (TPSA) is 0 Å². The summed E-state index contributed by atoms with van der Waals surface area (Å²) < 4.78 is 0. The normalized spacial score (nSPS) is 7.48. The van der Waals surface area contributed by atoms with Gasteiger partial charge in [0.15, 0.2) is 0 Å². The lowest BCUT2D eigenvalue weighted by atomic mass is 9.99. The molecule has 0 atom stereocenters. The van der Waals surface area contributed by atoms with Gasteiger partial charge in [0.2, 0.25) is 0 Å². The molecule has 0 aliphatic carbocycles. The van der Waals surface area contributed by atoms with Gasteiger partial charge in [-0.15, -0.1) is 6.58 Å². The number of hydrogen-bond acceptors (Lipinski definition) is 0. The van der Waals surface area contributed by atoms with E-state index in [4.69, 9.17) is 0 Å². The van der Waals surface area contributed by atoms with E-state index in [-0.39, 0.29) is 0 Å². The first-order valence-corrected chi connectivity index (χ1v) is 10.8. The highest BCUT2D eigenvalue weighted by Crippen LogP contribution is 2.14. The van der Waals surface area contributed by atoms with Crippen LogP contribution in [0.4, 0.5) is 0 Å². The van der Waals surface area contributed by atoms with Crippen molar-refractivity contribution in [2.24, 2.45) is 0 Å². The summed E-state index contributed by atoms with van der Waals surface area (Å²) in [6.07, 6.45) is 5.39. The number of rotatable bonds is 3. The van der Waals surface area contributed by atoms with Crippen LogP contribution in [-0.2, 0) is 12.8 Å². The van der Waals surface area contributed by atoms with Crippen molar-refractivity contribution >= 4 is 0 Å². The van der Waals surface area contributed by atoms with Gasteiger partial charge in [-0.2, -0.15) is 0 Å². The Kier molecular flexibility index (Phi) is 38.8. The summed E-state index contributed by atoms with van der Waals surface area (Å²) in [6, 6.07) is 18.8. The SMILES string of the molecule is C=CC.CC.CC.CC.CCCc1ccc(C)cc1CC.c1ccccc1. The van der Waals surface area contributed by atoms with Crippen LogP contribution < -0.4 is 0 Å². The average molecular weight is 373 g/mol. The van der Waals surface area contributed by atoms with Crippen LogP contribution in [0.1, 0.15) is 85.4 Å². The second-order valence-electron chi connectivity index (χ2n) is 4.94. The van der Waals surface area contributed by atoms with Crippen LogP contribution in [0.15, 0.2) is 67.3 Å². The summed E-state index contributed by atoms with van der Waals surface area (Å²) >= 11 is 0. The molecule has 2 rings (SSSR count). The van der Waals surface area contributed by atoms with E-state index in [0.717, 1.165) is 6.42 Å². The lowest BCUT2D eigenvalue weighted by molar-refractivity contribution is 0.898. The molecule has 0 N–H and O–H groups in total. The Hall–Kier alpha value is -1.82. The molecule has 0 aliphatic heterocycles. The van der Waals surface area contributed by atoms with Crippen molar-refractivity contribution in [2.75, 3.05) is 0 Å². The standard InChI is InChI=1S/C12H18.C6H6.C3H6.3C2H6/c1-4-6-12-8-7-10(3)9-11(12)5-2;1-2-4-6-5-3-1;1-3-2;3*1-2/h7-9H,4-6H2,1-3H3;1-6H;3H,1H2,2H3;3*1-2H3. The van der Waals surface area contributed by atoms with Gasteiger partial charge in [-0.3, -0.25) is 0 Å². The molecule has 0 amide bonds. The summed E-state index contributed by atoms with van der Waals surface area (Å²) in [5.41, 5.74) is 4.44. The fraction of sp³-hybridized carbons (Fsp3) is 0.481. The van der Waals surface area contributed by atoms with Crippen molar-refractivity contribution in [3.8, 4) is 0 Å².